The molecule has 1 aliphatic heterocycles. The van der Waals surface area contributed by atoms with Gasteiger partial charge in [0.25, 0.3) is 0 Å². The van der Waals surface area contributed by atoms with Crippen molar-refractivity contribution < 1.29 is 14.0 Å². The summed E-state index contributed by atoms with van der Waals surface area (Å²) in [5, 5.41) is 0. The van der Waals surface area contributed by atoms with Crippen LogP contribution in [0.3, 0.4) is 0 Å². The largest absolute Gasteiger partial charge is 0.396 e. The Morgan fingerprint density at radius 1 is 1.21 bits per heavy atom. The quantitative estimate of drug-likeness (QED) is 0.651. The van der Waals surface area contributed by atoms with Crippen LogP contribution in [0.4, 0.5) is 10.1 Å². The molecule has 4 nitrogen and oxygen atoms in total. The summed E-state index contributed by atoms with van der Waals surface area (Å²) in [5.41, 5.74) is 5.82. The Hall–Kier alpha value is -1.91. The van der Waals surface area contributed by atoms with Crippen molar-refractivity contribution in [3.8, 4) is 0 Å². The number of nitrogens with zero attached hydrogens (tertiary/aromatic N) is 1. The highest BCUT2D eigenvalue weighted by atomic mass is 19.1. The molecule has 1 aromatic carbocycles. The summed E-state index contributed by atoms with van der Waals surface area (Å²) in [6.07, 6.45) is 2.46. The smallest absolute Gasteiger partial charge is 0.233 e. The summed E-state index contributed by atoms with van der Waals surface area (Å²) in [5.74, 6) is -1.22. The van der Waals surface area contributed by atoms with E-state index in [1.165, 1.54) is 11.0 Å². The van der Waals surface area contributed by atoms with Gasteiger partial charge in [-0.15, -0.1) is 0 Å². The molecule has 1 heterocycles. The Balaban J connectivity index is 1.86. The van der Waals surface area contributed by atoms with Gasteiger partial charge in [-0.1, -0.05) is 18.6 Å². The van der Waals surface area contributed by atoms with Crippen LogP contribution in [0, 0.1) is 17.7 Å². The average molecular weight is 262 g/mol. The number of hydrogen-bond acceptors (Lipinski definition) is 3. The first kappa shape index (κ1) is 12.1. The molecule has 1 aliphatic carbocycles. The summed E-state index contributed by atoms with van der Waals surface area (Å²) in [6, 6.07) is 4.64. The molecule has 100 valence electrons. The third-order valence-corrected chi connectivity index (χ3v) is 4.12. The van der Waals surface area contributed by atoms with Gasteiger partial charge >= 0.3 is 0 Å². The summed E-state index contributed by atoms with van der Waals surface area (Å²) >= 11 is 0. The van der Waals surface area contributed by atoms with E-state index in [0.717, 1.165) is 19.3 Å². The maximum absolute atomic E-state index is 13.8. The van der Waals surface area contributed by atoms with Gasteiger partial charge in [-0.3, -0.25) is 14.5 Å². The van der Waals surface area contributed by atoms with Gasteiger partial charge < -0.3 is 5.73 Å². The van der Waals surface area contributed by atoms with Gasteiger partial charge in [0.1, 0.15) is 0 Å². The number of imide groups is 1. The fraction of sp³-hybridized carbons (Fsp3) is 0.429. The van der Waals surface area contributed by atoms with Crippen molar-refractivity contribution in [3.63, 3.8) is 0 Å². The number of anilines is 1. The summed E-state index contributed by atoms with van der Waals surface area (Å²) in [4.78, 5) is 25.5. The predicted molar refractivity (Wildman–Crippen MR) is 67.2 cm³/mol. The molecule has 2 aliphatic rings. The van der Waals surface area contributed by atoms with Crippen molar-refractivity contribution in [3.05, 3.63) is 29.6 Å². The van der Waals surface area contributed by atoms with Gasteiger partial charge in [0, 0.05) is 5.56 Å². The molecule has 1 aromatic rings. The van der Waals surface area contributed by atoms with Crippen molar-refractivity contribution >= 4 is 17.5 Å². The third-order valence-electron chi connectivity index (χ3n) is 4.12. The molecule has 19 heavy (non-hydrogen) atoms. The van der Waals surface area contributed by atoms with Crippen LogP contribution in [0.2, 0.25) is 0 Å². The number of fused-ring (bicyclic) bond motifs is 1. The lowest BCUT2D eigenvalue weighted by molar-refractivity contribution is -0.141. The standard InChI is InChI=1S/C14H15FN2O2/c15-12-8(3-1-6-11(12)16)7-17-13(18)9-4-2-5-10(9)14(17)19/h1,3,6,9-10H,2,4-5,7,16H2. The highest BCUT2D eigenvalue weighted by Gasteiger charge is 2.49. The zero-order valence-electron chi connectivity index (χ0n) is 10.4. The molecule has 0 aromatic heterocycles. The minimum Gasteiger partial charge on any atom is -0.396 e. The summed E-state index contributed by atoms with van der Waals surface area (Å²) < 4.78 is 13.8. The lowest BCUT2D eigenvalue weighted by Gasteiger charge is -2.16. The van der Waals surface area contributed by atoms with Crippen molar-refractivity contribution in [1.29, 1.82) is 0 Å². The fourth-order valence-electron chi connectivity index (χ4n) is 3.11. The van der Waals surface area contributed by atoms with Crippen LogP contribution in [0.5, 0.6) is 0 Å². The molecule has 2 amide bonds. The van der Waals surface area contributed by atoms with Crippen molar-refractivity contribution in [2.75, 3.05) is 5.73 Å². The monoisotopic (exact) mass is 262 g/mol. The highest BCUT2D eigenvalue weighted by Crippen LogP contribution is 2.40. The van der Waals surface area contributed by atoms with Crippen molar-refractivity contribution in [2.24, 2.45) is 11.8 Å². The minimum absolute atomic E-state index is 0.0124. The summed E-state index contributed by atoms with van der Waals surface area (Å²) in [6.45, 7) is -0.0124. The van der Waals surface area contributed by atoms with Crippen molar-refractivity contribution in [2.45, 2.75) is 25.8 Å². The van der Waals surface area contributed by atoms with Gasteiger partial charge in [-0.05, 0) is 18.9 Å². The number of benzene rings is 1. The van der Waals surface area contributed by atoms with E-state index in [1.54, 1.807) is 12.1 Å². The lowest BCUT2D eigenvalue weighted by Crippen LogP contribution is -2.31. The minimum atomic E-state index is -0.542. The first-order valence-electron chi connectivity index (χ1n) is 6.47. The number of rotatable bonds is 2. The Morgan fingerprint density at radius 3 is 2.47 bits per heavy atom. The lowest BCUT2D eigenvalue weighted by atomic mass is 10.00. The van der Waals surface area contributed by atoms with Gasteiger partial charge in [0.2, 0.25) is 11.8 Å². The van der Waals surface area contributed by atoms with Crippen LogP contribution in [0.25, 0.3) is 0 Å². The molecular weight excluding hydrogens is 247 g/mol. The van der Waals surface area contributed by atoms with Gasteiger partial charge in [-0.25, -0.2) is 4.39 Å². The molecule has 5 heteroatoms. The van der Waals surface area contributed by atoms with E-state index < -0.39 is 5.82 Å². The molecule has 1 saturated carbocycles. The third kappa shape index (κ3) is 1.80. The second kappa shape index (κ2) is 4.33. The number of carbonyl (C=O) groups excluding carboxylic acids is 2. The predicted octanol–water partition coefficient (Wildman–Crippen LogP) is 1.69. The molecule has 2 unspecified atom stereocenters. The highest BCUT2D eigenvalue weighted by molar-refractivity contribution is 6.05. The zero-order valence-corrected chi connectivity index (χ0v) is 10.4. The maximum Gasteiger partial charge on any atom is 0.233 e. The van der Waals surface area contributed by atoms with E-state index in [1.807, 2.05) is 0 Å². The van der Waals surface area contributed by atoms with E-state index in [4.69, 9.17) is 5.73 Å². The second-order valence-electron chi connectivity index (χ2n) is 5.23. The van der Waals surface area contributed by atoms with Gasteiger partial charge in [0.05, 0.1) is 24.1 Å². The number of nitrogen functional groups attached to an aromatic ring is 1. The number of carbonyl (C=O) groups is 2. The number of halogens is 1. The van der Waals surface area contributed by atoms with Crippen LogP contribution in [-0.4, -0.2) is 16.7 Å². The van der Waals surface area contributed by atoms with Gasteiger partial charge in [0.15, 0.2) is 5.82 Å². The van der Waals surface area contributed by atoms with E-state index in [0.29, 0.717) is 5.56 Å². The fourth-order valence-corrected chi connectivity index (χ4v) is 3.11. The second-order valence-corrected chi connectivity index (χ2v) is 5.23. The zero-order chi connectivity index (χ0) is 13.6. The molecule has 2 atom stereocenters. The van der Waals surface area contributed by atoms with E-state index in [2.05, 4.69) is 0 Å². The van der Waals surface area contributed by atoms with Crippen LogP contribution in [0.15, 0.2) is 18.2 Å². The normalized spacial score (nSPS) is 26.1. The van der Waals surface area contributed by atoms with Crippen molar-refractivity contribution in [1.82, 2.24) is 4.90 Å². The Bertz CT molecular complexity index is 536. The average Bonchev–Trinajstić information content (AvgIpc) is 2.95. The van der Waals surface area contributed by atoms with Crippen LogP contribution in [0.1, 0.15) is 24.8 Å². The van der Waals surface area contributed by atoms with Crippen LogP contribution in [-0.2, 0) is 16.1 Å². The van der Waals surface area contributed by atoms with Crippen LogP contribution < -0.4 is 5.73 Å². The molecular formula is C14H15FN2O2. The first-order valence-corrected chi connectivity index (χ1v) is 6.47. The maximum atomic E-state index is 13.8. The molecule has 3 rings (SSSR count). The molecule has 1 saturated heterocycles. The van der Waals surface area contributed by atoms with E-state index in [-0.39, 0.29) is 35.9 Å². The number of likely N-dealkylation sites (tertiary alicyclic amines) is 1. The number of hydrogen-bond donors (Lipinski definition) is 1. The number of amides is 2. The Labute approximate surface area is 110 Å². The van der Waals surface area contributed by atoms with E-state index in [9.17, 15) is 14.0 Å². The van der Waals surface area contributed by atoms with Crippen LogP contribution >= 0.6 is 0 Å². The molecule has 0 radical (unpaired) electrons. The topological polar surface area (TPSA) is 63.4 Å². The molecule has 0 spiro atoms. The first-order chi connectivity index (χ1) is 9.09. The van der Waals surface area contributed by atoms with Gasteiger partial charge in [-0.2, -0.15) is 0 Å². The van der Waals surface area contributed by atoms with E-state index >= 15 is 0 Å². The summed E-state index contributed by atoms with van der Waals surface area (Å²) in [7, 11) is 0. The molecule has 2 fully saturated rings. The Kier molecular flexibility index (Phi) is 2.77. The SMILES string of the molecule is Nc1cccc(CN2C(=O)C3CCCC3C2=O)c1F. The molecule has 0 bridgehead atoms. The number of nitrogens with two attached hydrogens (primary N) is 1. The molecule has 2 N–H and O–H groups in total. The Morgan fingerprint density at radius 2 is 1.84 bits per heavy atom.